The van der Waals surface area contributed by atoms with Crippen LogP contribution >= 0.6 is 0 Å². The number of carbonyl (C=O) groups excluding carboxylic acids is 2. The Hall–Kier alpha value is -2.36. The molecule has 0 saturated heterocycles. The van der Waals surface area contributed by atoms with Crippen LogP contribution in [0.25, 0.3) is 0 Å². The summed E-state index contributed by atoms with van der Waals surface area (Å²) < 4.78 is 6.57. The highest BCUT2D eigenvalue weighted by Gasteiger charge is 2.11. The van der Waals surface area contributed by atoms with Gasteiger partial charge >= 0.3 is 5.97 Å². The van der Waals surface area contributed by atoms with E-state index < -0.39 is 0 Å². The lowest BCUT2D eigenvalue weighted by atomic mass is 10.2. The highest BCUT2D eigenvalue weighted by Crippen LogP contribution is 2.14. The number of ketones is 1. The SMILES string of the molecule is COC(=O)CCc1cc(C(C)=O)n(Cc2ccccc2)c1. The second-order valence-electron chi connectivity index (χ2n) is 4.98. The molecule has 0 atom stereocenters. The van der Waals surface area contributed by atoms with Crippen LogP contribution in [0.5, 0.6) is 0 Å². The molecule has 0 aliphatic heterocycles. The number of hydrogen-bond donors (Lipinski definition) is 0. The molecule has 0 spiro atoms. The molecule has 0 radical (unpaired) electrons. The molecule has 2 rings (SSSR count). The molecule has 0 bridgehead atoms. The van der Waals surface area contributed by atoms with Crippen LogP contribution in [0, 0.1) is 0 Å². The molecular formula is C17H19NO3. The first-order chi connectivity index (χ1) is 10.1. The van der Waals surface area contributed by atoms with Gasteiger partial charge in [-0.1, -0.05) is 30.3 Å². The van der Waals surface area contributed by atoms with Gasteiger partial charge < -0.3 is 9.30 Å². The lowest BCUT2D eigenvalue weighted by Gasteiger charge is -2.06. The number of rotatable bonds is 6. The van der Waals surface area contributed by atoms with Crippen molar-refractivity contribution in [3.63, 3.8) is 0 Å². The Morgan fingerprint density at radius 1 is 1.14 bits per heavy atom. The molecule has 110 valence electrons. The predicted octanol–water partition coefficient (Wildman–Crippen LogP) is 2.84. The fourth-order valence-electron chi connectivity index (χ4n) is 2.27. The molecule has 4 nitrogen and oxygen atoms in total. The van der Waals surface area contributed by atoms with Crippen molar-refractivity contribution in [2.75, 3.05) is 7.11 Å². The summed E-state index contributed by atoms with van der Waals surface area (Å²) in [7, 11) is 1.38. The van der Waals surface area contributed by atoms with Crippen LogP contribution < -0.4 is 0 Å². The number of hydrogen-bond acceptors (Lipinski definition) is 3. The Kier molecular flexibility index (Phi) is 4.93. The van der Waals surface area contributed by atoms with E-state index in [-0.39, 0.29) is 11.8 Å². The third-order valence-corrected chi connectivity index (χ3v) is 3.36. The molecule has 2 aromatic rings. The summed E-state index contributed by atoms with van der Waals surface area (Å²) in [5.74, 6) is -0.217. The summed E-state index contributed by atoms with van der Waals surface area (Å²) >= 11 is 0. The quantitative estimate of drug-likeness (QED) is 0.605. The Balaban J connectivity index is 2.17. The van der Waals surface area contributed by atoms with Crippen LogP contribution in [-0.4, -0.2) is 23.4 Å². The molecule has 0 aliphatic carbocycles. The summed E-state index contributed by atoms with van der Waals surface area (Å²) in [6, 6.07) is 11.8. The molecule has 0 unspecified atom stereocenters. The maximum atomic E-state index is 11.8. The lowest BCUT2D eigenvalue weighted by molar-refractivity contribution is -0.140. The second kappa shape index (κ2) is 6.88. The summed E-state index contributed by atoms with van der Waals surface area (Å²) in [4.78, 5) is 23.0. The van der Waals surface area contributed by atoms with Gasteiger partial charge in [0.2, 0.25) is 0 Å². The van der Waals surface area contributed by atoms with Crippen molar-refractivity contribution >= 4 is 11.8 Å². The van der Waals surface area contributed by atoms with Gasteiger partial charge in [0.15, 0.2) is 5.78 Å². The van der Waals surface area contributed by atoms with E-state index in [0.717, 1.165) is 11.1 Å². The second-order valence-corrected chi connectivity index (χ2v) is 4.98. The zero-order valence-electron chi connectivity index (χ0n) is 12.3. The number of Topliss-reactive ketones (excluding diaryl/α,β-unsaturated/α-hetero) is 1. The molecule has 1 aromatic carbocycles. The summed E-state index contributed by atoms with van der Waals surface area (Å²) in [5.41, 5.74) is 2.77. The normalized spacial score (nSPS) is 10.4. The van der Waals surface area contributed by atoms with Gasteiger partial charge in [0, 0.05) is 26.1 Å². The van der Waals surface area contributed by atoms with E-state index in [9.17, 15) is 9.59 Å². The molecule has 0 amide bonds. The minimum atomic E-state index is -0.241. The molecular weight excluding hydrogens is 266 g/mol. The van der Waals surface area contributed by atoms with Crippen molar-refractivity contribution in [3.8, 4) is 0 Å². The van der Waals surface area contributed by atoms with Gasteiger partial charge in [-0.15, -0.1) is 0 Å². The number of carbonyl (C=O) groups is 2. The lowest BCUT2D eigenvalue weighted by Crippen LogP contribution is -2.06. The summed E-state index contributed by atoms with van der Waals surface area (Å²) in [6.07, 6.45) is 2.84. The molecule has 0 fully saturated rings. The Labute approximate surface area is 124 Å². The minimum Gasteiger partial charge on any atom is -0.469 e. The Bertz CT molecular complexity index is 629. The third kappa shape index (κ3) is 4.05. The number of benzene rings is 1. The van der Waals surface area contributed by atoms with Gasteiger partial charge in [-0.3, -0.25) is 9.59 Å². The van der Waals surface area contributed by atoms with Crippen LogP contribution in [-0.2, 0) is 22.5 Å². The van der Waals surface area contributed by atoms with Gasteiger partial charge in [-0.2, -0.15) is 0 Å². The molecule has 1 aromatic heterocycles. The zero-order chi connectivity index (χ0) is 15.2. The standard InChI is InChI=1S/C17H19NO3/c1-13(19)16-10-15(8-9-17(20)21-2)12-18(16)11-14-6-4-3-5-7-14/h3-7,10,12H,8-9,11H2,1-2H3. The average molecular weight is 285 g/mol. The number of aryl methyl sites for hydroxylation is 1. The molecule has 0 saturated carbocycles. The number of aromatic nitrogens is 1. The first-order valence-electron chi connectivity index (χ1n) is 6.91. The molecule has 4 heteroatoms. The van der Waals surface area contributed by atoms with Crippen LogP contribution in [0.15, 0.2) is 42.6 Å². The Morgan fingerprint density at radius 2 is 1.86 bits per heavy atom. The van der Waals surface area contributed by atoms with E-state index in [4.69, 9.17) is 0 Å². The van der Waals surface area contributed by atoms with Gasteiger partial charge in [-0.05, 0) is 23.6 Å². The number of methoxy groups -OCH3 is 1. The average Bonchev–Trinajstić information content (AvgIpc) is 2.89. The first kappa shape index (κ1) is 15.0. The summed E-state index contributed by atoms with van der Waals surface area (Å²) in [6.45, 7) is 2.20. The van der Waals surface area contributed by atoms with Gasteiger partial charge in [0.25, 0.3) is 0 Å². The first-order valence-corrected chi connectivity index (χ1v) is 6.91. The maximum Gasteiger partial charge on any atom is 0.305 e. The van der Waals surface area contributed by atoms with E-state index in [1.165, 1.54) is 7.11 Å². The number of esters is 1. The third-order valence-electron chi connectivity index (χ3n) is 3.36. The van der Waals surface area contributed by atoms with E-state index in [0.29, 0.717) is 25.1 Å². The molecule has 0 aliphatic rings. The monoisotopic (exact) mass is 285 g/mol. The van der Waals surface area contributed by atoms with Crippen molar-refractivity contribution in [2.45, 2.75) is 26.3 Å². The molecule has 1 heterocycles. The van der Waals surface area contributed by atoms with E-state index in [2.05, 4.69) is 4.74 Å². The number of ether oxygens (including phenoxy) is 1. The van der Waals surface area contributed by atoms with Crippen molar-refractivity contribution in [1.82, 2.24) is 4.57 Å². The maximum absolute atomic E-state index is 11.8. The van der Waals surface area contributed by atoms with Crippen LogP contribution in [0.4, 0.5) is 0 Å². The number of nitrogens with zero attached hydrogens (tertiary/aromatic N) is 1. The van der Waals surface area contributed by atoms with Crippen LogP contribution in [0.3, 0.4) is 0 Å². The molecule has 0 N–H and O–H groups in total. The minimum absolute atomic E-state index is 0.0234. The van der Waals surface area contributed by atoms with Crippen molar-refractivity contribution in [3.05, 3.63) is 59.4 Å². The van der Waals surface area contributed by atoms with E-state index in [1.54, 1.807) is 6.92 Å². The fourth-order valence-corrected chi connectivity index (χ4v) is 2.27. The van der Waals surface area contributed by atoms with Crippen molar-refractivity contribution < 1.29 is 14.3 Å². The fraction of sp³-hybridized carbons (Fsp3) is 0.294. The van der Waals surface area contributed by atoms with Crippen LogP contribution in [0.2, 0.25) is 0 Å². The zero-order valence-corrected chi connectivity index (χ0v) is 12.3. The summed E-state index contributed by atoms with van der Waals surface area (Å²) in [5, 5.41) is 0. The van der Waals surface area contributed by atoms with E-state index in [1.807, 2.05) is 47.2 Å². The largest absolute Gasteiger partial charge is 0.469 e. The highest BCUT2D eigenvalue weighted by atomic mass is 16.5. The highest BCUT2D eigenvalue weighted by molar-refractivity contribution is 5.92. The predicted molar refractivity (Wildman–Crippen MR) is 80.3 cm³/mol. The van der Waals surface area contributed by atoms with E-state index >= 15 is 0 Å². The Morgan fingerprint density at radius 3 is 2.48 bits per heavy atom. The smallest absolute Gasteiger partial charge is 0.305 e. The van der Waals surface area contributed by atoms with Crippen molar-refractivity contribution in [2.24, 2.45) is 0 Å². The van der Waals surface area contributed by atoms with Crippen molar-refractivity contribution in [1.29, 1.82) is 0 Å². The van der Waals surface area contributed by atoms with Gasteiger partial charge in [0.1, 0.15) is 0 Å². The van der Waals surface area contributed by atoms with Crippen LogP contribution in [0.1, 0.15) is 35.0 Å². The topological polar surface area (TPSA) is 48.3 Å². The van der Waals surface area contributed by atoms with Gasteiger partial charge in [0.05, 0.1) is 12.8 Å². The van der Waals surface area contributed by atoms with Gasteiger partial charge in [-0.25, -0.2) is 0 Å². The molecule has 21 heavy (non-hydrogen) atoms.